The predicted octanol–water partition coefficient (Wildman–Crippen LogP) is -0.890. The Morgan fingerprint density at radius 1 is 1.35 bits per heavy atom. The van der Waals surface area contributed by atoms with Gasteiger partial charge in [0.1, 0.15) is 6.10 Å². The zero-order valence-corrected chi connectivity index (χ0v) is 12.1. The second-order valence-corrected chi connectivity index (χ2v) is 5.38. The Labute approximate surface area is 104 Å². The van der Waals surface area contributed by atoms with Crippen molar-refractivity contribution in [3.05, 3.63) is 0 Å². The third-order valence-corrected chi connectivity index (χ3v) is 4.26. The Kier molecular flexibility index (Phi) is 13.3. The van der Waals surface area contributed by atoms with Crippen LogP contribution >= 0.6 is 0 Å². The van der Waals surface area contributed by atoms with Gasteiger partial charge in [0.05, 0.1) is 12.7 Å². The minimum absolute atomic E-state index is 0.0297. The number of rotatable bonds is 7. The number of aliphatic hydroxyl groups is 3. The molecule has 0 amide bonds. The van der Waals surface area contributed by atoms with Gasteiger partial charge in [-0.2, -0.15) is 0 Å². The summed E-state index contributed by atoms with van der Waals surface area (Å²) in [5, 5.41) is 34.8. The van der Waals surface area contributed by atoms with E-state index in [2.05, 4.69) is 0 Å². The van der Waals surface area contributed by atoms with Crippen LogP contribution in [0.4, 0.5) is 0 Å². The molecule has 0 aromatic rings. The van der Waals surface area contributed by atoms with Gasteiger partial charge in [-0.1, -0.05) is 13.3 Å². The normalized spacial score (nSPS) is 16.1. The summed E-state index contributed by atoms with van der Waals surface area (Å²) in [6.45, 7) is 5.21. The van der Waals surface area contributed by atoms with Crippen LogP contribution in [-0.2, 0) is 9.22 Å². The highest BCUT2D eigenvalue weighted by molar-refractivity contribution is 6.29. The van der Waals surface area contributed by atoms with Crippen LogP contribution in [0.1, 0.15) is 27.2 Å². The van der Waals surface area contributed by atoms with Crippen molar-refractivity contribution in [2.24, 2.45) is 0 Å². The predicted molar refractivity (Wildman–Crippen MR) is 66.6 cm³/mol. The summed E-state index contributed by atoms with van der Waals surface area (Å²) in [5.41, 5.74) is 0.0297. The van der Waals surface area contributed by atoms with Gasteiger partial charge in [-0.3, -0.25) is 4.79 Å². The molecule has 0 fully saturated rings. The topological polar surface area (TPSA) is 107 Å². The Bertz CT molecular complexity index is 186. The first-order valence-corrected chi connectivity index (χ1v) is 7.04. The number of aliphatic carboxylic acids is 1. The molecule has 0 aromatic carbocycles. The number of carboxylic acids is 1. The van der Waals surface area contributed by atoms with E-state index < -0.39 is 34.5 Å². The summed E-state index contributed by atoms with van der Waals surface area (Å²) >= 11 is 0. The largest absolute Gasteiger partial charge is 0.481 e. The van der Waals surface area contributed by atoms with E-state index in [1.807, 2.05) is 13.8 Å². The lowest BCUT2D eigenvalue weighted by Crippen LogP contribution is -2.35. The van der Waals surface area contributed by atoms with Gasteiger partial charge in [0.2, 0.25) is 0 Å². The number of carboxylic acid groups (broad SMARTS) is 1. The number of aliphatic hydroxyl groups excluding tert-OH is 3. The number of carbonyl (C=O) groups is 1. The SMILES string of the molecule is CC(=O)O.CCO[SiH2]C(CC)C(O)C(O)CO. The Morgan fingerprint density at radius 3 is 2.12 bits per heavy atom. The van der Waals surface area contributed by atoms with Crippen molar-refractivity contribution in [1.29, 1.82) is 0 Å². The van der Waals surface area contributed by atoms with Crippen LogP contribution in [-0.4, -0.2) is 61.6 Å². The molecule has 0 aliphatic carbocycles. The Hall–Kier alpha value is -0.473. The van der Waals surface area contributed by atoms with Crippen LogP contribution in [0.2, 0.25) is 5.54 Å². The first kappa shape index (κ1) is 18.9. The summed E-state index contributed by atoms with van der Waals surface area (Å²) < 4.78 is 5.29. The van der Waals surface area contributed by atoms with Gasteiger partial charge in [0.25, 0.3) is 5.97 Å². The third kappa shape index (κ3) is 11.8. The number of hydrogen-bond acceptors (Lipinski definition) is 5. The lowest BCUT2D eigenvalue weighted by Gasteiger charge is -2.23. The molecule has 104 valence electrons. The molecule has 0 radical (unpaired) electrons. The third-order valence-electron chi connectivity index (χ3n) is 2.12. The van der Waals surface area contributed by atoms with Crippen molar-refractivity contribution >= 4 is 15.7 Å². The summed E-state index contributed by atoms with van der Waals surface area (Å²) in [7, 11) is -0.795. The van der Waals surface area contributed by atoms with Gasteiger partial charge < -0.3 is 24.9 Å². The molecular weight excluding hydrogens is 244 g/mol. The van der Waals surface area contributed by atoms with Gasteiger partial charge in [0.15, 0.2) is 9.76 Å². The molecule has 6 nitrogen and oxygen atoms in total. The Balaban J connectivity index is 0. The molecule has 0 aliphatic rings. The minimum Gasteiger partial charge on any atom is -0.481 e. The van der Waals surface area contributed by atoms with Gasteiger partial charge in [0, 0.05) is 19.1 Å². The second-order valence-electron chi connectivity index (χ2n) is 3.59. The van der Waals surface area contributed by atoms with Crippen LogP contribution in [0.25, 0.3) is 0 Å². The zero-order valence-electron chi connectivity index (χ0n) is 10.7. The maximum absolute atomic E-state index is 9.55. The van der Waals surface area contributed by atoms with Crippen LogP contribution in [0.5, 0.6) is 0 Å². The maximum atomic E-state index is 9.55. The van der Waals surface area contributed by atoms with E-state index in [1.165, 1.54) is 0 Å². The highest BCUT2D eigenvalue weighted by Gasteiger charge is 2.24. The fraction of sp³-hybridized carbons (Fsp3) is 0.900. The van der Waals surface area contributed by atoms with E-state index in [9.17, 15) is 10.2 Å². The molecule has 0 heterocycles. The monoisotopic (exact) mass is 268 g/mol. The fourth-order valence-electron chi connectivity index (χ4n) is 1.15. The Morgan fingerprint density at radius 2 is 1.82 bits per heavy atom. The van der Waals surface area contributed by atoms with Crippen molar-refractivity contribution in [3.63, 3.8) is 0 Å². The molecule has 0 aliphatic heterocycles. The van der Waals surface area contributed by atoms with Crippen molar-refractivity contribution in [2.75, 3.05) is 13.2 Å². The van der Waals surface area contributed by atoms with E-state index in [0.717, 1.165) is 13.3 Å². The molecule has 3 atom stereocenters. The van der Waals surface area contributed by atoms with Crippen LogP contribution < -0.4 is 0 Å². The highest BCUT2D eigenvalue weighted by Crippen LogP contribution is 2.17. The minimum atomic E-state index is -1.03. The summed E-state index contributed by atoms with van der Waals surface area (Å²) in [4.78, 5) is 9.00. The molecule has 0 spiro atoms. The molecule has 0 saturated carbocycles. The van der Waals surface area contributed by atoms with E-state index >= 15 is 0 Å². The molecular formula is C10H24O6Si. The molecule has 4 N–H and O–H groups in total. The van der Waals surface area contributed by atoms with E-state index in [4.69, 9.17) is 19.4 Å². The molecule has 0 bridgehead atoms. The second kappa shape index (κ2) is 12.0. The fourth-order valence-corrected chi connectivity index (χ4v) is 2.43. The summed E-state index contributed by atoms with van der Waals surface area (Å²) in [6, 6.07) is 0. The lowest BCUT2D eigenvalue weighted by atomic mass is 10.1. The molecule has 17 heavy (non-hydrogen) atoms. The highest BCUT2D eigenvalue weighted by atomic mass is 28.2. The number of hydrogen-bond donors (Lipinski definition) is 4. The quantitative estimate of drug-likeness (QED) is 0.446. The first-order chi connectivity index (χ1) is 7.90. The van der Waals surface area contributed by atoms with Crippen molar-refractivity contribution in [1.82, 2.24) is 0 Å². The van der Waals surface area contributed by atoms with Crippen LogP contribution in [0, 0.1) is 0 Å². The van der Waals surface area contributed by atoms with Crippen molar-refractivity contribution < 1.29 is 29.6 Å². The van der Waals surface area contributed by atoms with Gasteiger partial charge in [-0.05, 0) is 6.92 Å². The van der Waals surface area contributed by atoms with Gasteiger partial charge in [-0.25, -0.2) is 0 Å². The smallest absolute Gasteiger partial charge is 0.300 e. The molecule has 3 unspecified atom stereocenters. The summed E-state index contributed by atoms with van der Waals surface area (Å²) in [6.07, 6.45) is -1.09. The van der Waals surface area contributed by atoms with Gasteiger partial charge in [-0.15, -0.1) is 0 Å². The van der Waals surface area contributed by atoms with Crippen LogP contribution in [0.15, 0.2) is 0 Å². The summed E-state index contributed by atoms with van der Waals surface area (Å²) in [5.74, 6) is -0.833. The van der Waals surface area contributed by atoms with Crippen molar-refractivity contribution in [2.45, 2.75) is 44.9 Å². The molecule has 7 heteroatoms. The van der Waals surface area contributed by atoms with E-state index in [1.54, 1.807) is 0 Å². The van der Waals surface area contributed by atoms with Crippen molar-refractivity contribution in [3.8, 4) is 0 Å². The zero-order chi connectivity index (χ0) is 13.8. The van der Waals surface area contributed by atoms with Gasteiger partial charge >= 0.3 is 0 Å². The average Bonchev–Trinajstić information content (AvgIpc) is 2.28. The lowest BCUT2D eigenvalue weighted by molar-refractivity contribution is -0.134. The van der Waals surface area contributed by atoms with Crippen LogP contribution in [0.3, 0.4) is 0 Å². The first-order valence-electron chi connectivity index (χ1n) is 5.64. The molecule has 0 saturated heterocycles. The molecule has 0 aromatic heterocycles. The van der Waals surface area contributed by atoms with E-state index in [0.29, 0.717) is 6.61 Å². The van der Waals surface area contributed by atoms with E-state index in [-0.39, 0.29) is 5.54 Å². The standard InChI is InChI=1S/C8H20O4Si.C2H4O2/c1-3-7(13-12-4-2)8(11)6(10)5-9;1-2(3)4/h6-11H,3-5,13H2,1-2H3;1H3,(H,3,4). The maximum Gasteiger partial charge on any atom is 0.300 e. The average molecular weight is 268 g/mol. The molecule has 0 rings (SSSR count).